The van der Waals surface area contributed by atoms with Crippen molar-refractivity contribution < 1.29 is 28.7 Å². The molecule has 0 N–H and O–H groups in total. The number of methoxy groups -OCH3 is 1. The largest absolute Gasteiger partial charge is 0.497 e. The lowest BCUT2D eigenvalue weighted by molar-refractivity contribution is -0.160. The molecule has 3 aliphatic rings. The molecule has 0 aromatic heterocycles. The normalized spacial score (nSPS) is 27.5. The van der Waals surface area contributed by atoms with E-state index in [1.807, 2.05) is 12.2 Å². The van der Waals surface area contributed by atoms with E-state index in [1.54, 1.807) is 38.1 Å². The lowest BCUT2D eigenvalue weighted by Gasteiger charge is -2.28. The lowest BCUT2D eigenvalue weighted by Crippen LogP contribution is -2.50. The number of rotatable bonds is 7. The molecule has 2 aliphatic carbocycles. The smallest absolute Gasteiger partial charge is 0.330 e. The second-order valence-corrected chi connectivity index (χ2v) is 8.49. The average Bonchev–Trinajstić information content (AvgIpc) is 3.42. The molecule has 1 aliphatic heterocycles. The van der Waals surface area contributed by atoms with Gasteiger partial charge in [-0.3, -0.25) is 19.3 Å². The summed E-state index contributed by atoms with van der Waals surface area (Å²) in [6, 6.07) is 5.45. The van der Waals surface area contributed by atoms with Crippen molar-refractivity contribution in [2.24, 2.45) is 29.6 Å². The number of fused-ring (bicyclic) bond motifs is 5. The highest BCUT2D eigenvalue weighted by atomic mass is 16.5. The quantitative estimate of drug-likeness (QED) is 0.296. The number of carbonyl (C=O) groups is 4. The van der Waals surface area contributed by atoms with Gasteiger partial charge in [0.2, 0.25) is 11.8 Å². The Balaban J connectivity index is 1.45. The van der Waals surface area contributed by atoms with Crippen LogP contribution >= 0.6 is 0 Å². The van der Waals surface area contributed by atoms with Gasteiger partial charge in [-0.15, -0.1) is 0 Å². The third-order valence-electron chi connectivity index (χ3n) is 6.41. The van der Waals surface area contributed by atoms with Gasteiger partial charge in [-0.25, -0.2) is 4.79 Å². The summed E-state index contributed by atoms with van der Waals surface area (Å²) >= 11 is 0. The second-order valence-electron chi connectivity index (χ2n) is 8.49. The van der Waals surface area contributed by atoms with Crippen LogP contribution in [0, 0.1) is 29.6 Å². The molecule has 2 bridgehead atoms. The van der Waals surface area contributed by atoms with E-state index in [9.17, 15) is 19.2 Å². The predicted molar refractivity (Wildman–Crippen MR) is 106 cm³/mol. The van der Waals surface area contributed by atoms with Crippen molar-refractivity contribution in [3.05, 3.63) is 42.0 Å². The molecule has 4 rings (SSSR count). The van der Waals surface area contributed by atoms with Crippen molar-refractivity contribution in [2.45, 2.75) is 26.3 Å². The Morgan fingerprint density at radius 2 is 1.60 bits per heavy atom. The number of hydrogen-bond acceptors (Lipinski definition) is 6. The number of carbonyl (C=O) groups excluding carboxylic acids is 4. The zero-order valence-electron chi connectivity index (χ0n) is 17.2. The molecule has 0 radical (unpaired) electrons. The van der Waals surface area contributed by atoms with E-state index in [1.165, 1.54) is 7.11 Å². The van der Waals surface area contributed by atoms with Crippen LogP contribution in [0.3, 0.4) is 0 Å². The van der Waals surface area contributed by atoms with Crippen LogP contribution in [0.2, 0.25) is 0 Å². The molecule has 2 fully saturated rings. The molecular weight excluding hydrogens is 386 g/mol. The van der Waals surface area contributed by atoms with Gasteiger partial charge >= 0.3 is 5.97 Å². The molecule has 30 heavy (non-hydrogen) atoms. The highest BCUT2D eigenvalue weighted by Crippen LogP contribution is 2.53. The highest BCUT2D eigenvalue weighted by Gasteiger charge is 2.61. The van der Waals surface area contributed by atoms with E-state index >= 15 is 0 Å². The lowest BCUT2D eigenvalue weighted by atomic mass is 9.85. The minimum absolute atomic E-state index is 0.0712. The van der Waals surface area contributed by atoms with Gasteiger partial charge in [0.25, 0.3) is 0 Å². The summed E-state index contributed by atoms with van der Waals surface area (Å²) in [6.45, 7) is 3.07. The van der Waals surface area contributed by atoms with Crippen molar-refractivity contribution in [1.82, 2.24) is 4.90 Å². The Kier molecular flexibility index (Phi) is 5.22. The molecule has 5 atom stereocenters. The van der Waals surface area contributed by atoms with Crippen LogP contribution in [0.15, 0.2) is 36.4 Å². The van der Waals surface area contributed by atoms with E-state index in [4.69, 9.17) is 9.47 Å². The van der Waals surface area contributed by atoms with Gasteiger partial charge in [0, 0.05) is 5.56 Å². The van der Waals surface area contributed by atoms with Crippen molar-refractivity contribution in [1.29, 1.82) is 0 Å². The van der Waals surface area contributed by atoms with Crippen molar-refractivity contribution in [3.63, 3.8) is 0 Å². The predicted octanol–water partition coefficient (Wildman–Crippen LogP) is 2.25. The summed E-state index contributed by atoms with van der Waals surface area (Å²) < 4.78 is 10.3. The monoisotopic (exact) mass is 411 g/mol. The number of imide groups is 1. The second kappa shape index (κ2) is 7.70. The molecule has 0 spiro atoms. The molecule has 1 heterocycles. The molecule has 1 aromatic rings. The van der Waals surface area contributed by atoms with Crippen LogP contribution < -0.4 is 4.74 Å². The van der Waals surface area contributed by atoms with Crippen molar-refractivity contribution >= 4 is 23.6 Å². The van der Waals surface area contributed by atoms with Crippen LogP contribution in [-0.4, -0.2) is 48.2 Å². The summed E-state index contributed by atoms with van der Waals surface area (Å²) in [5.74, 6) is -2.00. The Labute approximate surface area is 175 Å². The number of hydrogen-bond donors (Lipinski definition) is 0. The summed E-state index contributed by atoms with van der Waals surface area (Å²) in [4.78, 5) is 52.4. The van der Waals surface area contributed by atoms with Gasteiger partial charge in [0.1, 0.15) is 11.8 Å². The Morgan fingerprint density at radius 1 is 1.03 bits per heavy atom. The fraction of sp³-hybridized carbons (Fsp3) is 0.478. The fourth-order valence-electron chi connectivity index (χ4n) is 4.96. The number of allylic oxidation sites excluding steroid dienone is 2. The zero-order valence-corrected chi connectivity index (χ0v) is 17.2. The van der Waals surface area contributed by atoms with E-state index in [2.05, 4.69) is 0 Å². The van der Waals surface area contributed by atoms with E-state index < -0.39 is 18.6 Å². The molecule has 158 valence electrons. The summed E-state index contributed by atoms with van der Waals surface area (Å²) in [6.07, 6.45) is 4.85. The minimum atomic E-state index is -1.03. The maximum Gasteiger partial charge on any atom is 0.330 e. The van der Waals surface area contributed by atoms with Crippen molar-refractivity contribution in [2.75, 3.05) is 13.7 Å². The molecule has 7 nitrogen and oxygen atoms in total. The van der Waals surface area contributed by atoms with Gasteiger partial charge in [0.05, 0.1) is 18.9 Å². The SMILES string of the molecule is COc1ccc(C(=O)COC(=O)[C@H](C(C)C)N2C(=O)[C@@H]3[C@H](C2=O)[C@H]2C=C[C@@H]3C2)cc1. The molecule has 1 saturated carbocycles. The number of ether oxygens (including phenoxy) is 2. The highest BCUT2D eigenvalue weighted by molar-refractivity contribution is 6.09. The first-order valence-corrected chi connectivity index (χ1v) is 10.2. The van der Waals surface area contributed by atoms with Crippen LogP contribution in [0.1, 0.15) is 30.6 Å². The Bertz CT molecular complexity index is 888. The van der Waals surface area contributed by atoms with E-state index in [0.29, 0.717) is 11.3 Å². The number of likely N-dealkylation sites (tertiary alicyclic amines) is 1. The number of benzene rings is 1. The van der Waals surface area contributed by atoms with Gasteiger partial charge in [-0.05, 0) is 48.4 Å². The number of amides is 2. The summed E-state index contributed by atoms with van der Waals surface area (Å²) in [5, 5.41) is 0. The molecule has 1 saturated heterocycles. The maximum absolute atomic E-state index is 13.0. The summed E-state index contributed by atoms with van der Waals surface area (Å²) in [7, 11) is 1.53. The van der Waals surface area contributed by atoms with Gasteiger partial charge < -0.3 is 9.47 Å². The van der Waals surface area contributed by atoms with Gasteiger partial charge in [-0.2, -0.15) is 0 Å². The first-order chi connectivity index (χ1) is 14.3. The van der Waals surface area contributed by atoms with Crippen LogP contribution in [-0.2, 0) is 19.1 Å². The van der Waals surface area contributed by atoms with Gasteiger partial charge in [0.15, 0.2) is 12.4 Å². The van der Waals surface area contributed by atoms with E-state index in [0.717, 1.165) is 11.3 Å². The van der Waals surface area contributed by atoms with Gasteiger partial charge in [-0.1, -0.05) is 26.0 Å². The first kappa shape index (κ1) is 20.3. The Hall–Kier alpha value is -2.96. The standard InChI is InChI=1S/C23H25NO6/c1-12(2)20(23(28)30-11-17(25)13-6-8-16(29-3)9-7-13)24-21(26)18-14-4-5-15(10-14)19(18)22(24)27/h4-9,12,14-15,18-20H,10-11H2,1-3H3/t14-,15+,18+,19-,20-/m0/s1. The molecule has 0 unspecified atom stereocenters. The number of nitrogens with zero attached hydrogens (tertiary/aromatic N) is 1. The number of Topliss-reactive ketones (excluding diaryl/α,β-unsaturated/α-hetero) is 1. The van der Waals surface area contributed by atoms with Crippen LogP contribution in [0.25, 0.3) is 0 Å². The topological polar surface area (TPSA) is 90.0 Å². The fourth-order valence-corrected chi connectivity index (χ4v) is 4.96. The van der Waals surface area contributed by atoms with E-state index in [-0.39, 0.29) is 47.2 Å². The zero-order chi connectivity index (χ0) is 21.6. The Morgan fingerprint density at radius 3 is 2.10 bits per heavy atom. The first-order valence-electron chi connectivity index (χ1n) is 10.2. The van der Waals surface area contributed by atoms with Crippen molar-refractivity contribution in [3.8, 4) is 5.75 Å². The molecular formula is C23H25NO6. The maximum atomic E-state index is 13.0. The molecule has 7 heteroatoms. The third kappa shape index (κ3) is 3.22. The third-order valence-corrected chi connectivity index (χ3v) is 6.41. The number of esters is 1. The minimum Gasteiger partial charge on any atom is -0.497 e. The summed E-state index contributed by atoms with van der Waals surface area (Å²) in [5.41, 5.74) is 0.384. The molecule has 1 aromatic carbocycles. The average molecular weight is 411 g/mol. The van der Waals surface area contributed by atoms with Crippen LogP contribution in [0.5, 0.6) is 5.75 Å². The number of ketones is 1. The molecule has 2 amide bonds. The van der Waals surface area contributed by atoms with Crippen LogP contribution in [0.4, 0.5) is 0 Å².